The molecule has 144 valence electrons. The van der Waals surface area contributed by atoms with E-state index in [9.17, 15) is 9.59 Å². The van der Waals surface area contributed by atoms with Crippen LogP contribution >= 0.6 is 11.3 Å². The van der Waals surface area contributed by atoms with Gasteiger partial charge in [0.2, 0.25) is 12.6 Å². The van der Waals surface area contributed by atoms with E-state index in [4.69, 9.17) is 13.9 Å². The third-order valence-electron chi connectivity index (χ3n) is 4.42. The Kier molecular flexibility index (Phi) is 4.18. The first-order valence-corrected chi connectivity index (χ1v) is 9.64. The molecule has 0 aliphatic carbocycles. The minimum Gasteiger partial charge on any atom is -0.454 e. The average molecular weight is 406 g/mol. The fourth-order valence-corrected chi connectivity index (χ4v) is 3.69. The van der Waals surface area contributed by atoms with Crippen LogP contribution in [0.15, 0.2) is 64.4 Å². The molecule has 2 aromatic carbocycles. The van der Waals surface area contributed by atoms with Crippen LogP contribution in [0.4, 0.5) is 11.4 Å². The molecule has 4 aromatic rings. The number of hydrogen-bond acceptors (Lipinski definition) is 6. The number of furan rings is 1. The average Bonchev–Trinajstić information content (AvgIpc) is 3.47. The summed E-state index contributed by atoms with van der Waals surface area (Å²) in [7, 11) is 0. The van der Waals surface area contributed by atoms with Crippen LogP contribution in [0.5, 0.6) is 11.5 Å². The van der Waals surface area contributed by atoms with E-state index < -0.39 is 5.91 Å². The predicted octanol–water partition coefficient (Wildman–Crippen LogP) is 4.73. The summed E-state index contributed by atoms with van der Waals surface area (Å²) in [6.45, 7) is 0.148. The van der Waals surface area contributed by atoms with Gasteiger partial charge < -0.3 is 24.5 Å². The van der Waals surface area contributed by atoms with Gasteiger partial charge in [0.25, 0.3) is 11.8 Å². The number of carbonyl (C=O) groups excluding carboxylic acids is 2. The maximum Gasteiger partial charge on any atom is 0.293 e. The molecule has 0 unspecified atom stereocenters. The summed E-state index contributed by atoms with van der Waals surface area (Å²) >= 11 is 1.32. The highest BCUT2D eigenvalue weighted by Crippen LogP contribution is 2.35. The summed E-state index contributed by atoms with van der Waals surface area (Å²) in [5, 5.41) is 8.06. The third-order valence-corrected chi connectivity index (χ3v) is 5.28. The van der Waals surface area contributed by atoms with E-state index in [1.807, 2.05) is 11.4 Å². The van der Waals surface area contributed by atoms with Crippen LogP contribution in [0.25, 0.3) is 11.0 Å². The van der Waals surface area contributed by atoms with Crippen LogP contribution < -0.4 is 20.1 Å². The Morgan fingerprint density at radius 3 is 2.62 bits per heavy atom. The van der Waals surface area contributed by atoms with E-state index in [0.29, 0.717) is 38.7 Å². The lowest BCUT2D eigenvalue weighted by Gasteiger charge is -2.07. The Labute approximate surface area is 168 Å². The summed E-state index contributed by atoms with van der Waals surface area (Å²) in [5.41, 5.74) is 1.36. The molecule has 3 heterocycles. The smallest absolute Gasteiger partial charge is 0.293 e. The minimum absolute atomic E-state index is 0.0220. The number of hydrogen-bond donors (Lipinski definition) is 2. The molecule has 29 heavy (non-hydrogen) atoms. The van der Waals surface area contributed by atoms with E-state index in [2.05, 4.69) is 10.6 Å². The molecule has 0 saturated heterocycles. The van der Waals surface area contributed by atoms with Crippen molar-refractivity contribution in [1.82, 2.24) is 0 Å². The number of carbonyl (C=O) groups is 2. The van der Waals surface area contributed by atoms with Gasteiger partial charge in [0.1, 0.15) is 11.3 Å². The molecule has 2 amide bonds. The molecule has 5 rings (SSSR count). The second-order valence-electron chi connectivity index (χ2n) is 6.26. The lowest BCUT2D eigenvalue weighted by Crippen LogP contribution is -2.16. The Hall–Kier alpha value is -3.78. The Bertz CT molecular complexity index is 1230. The maximum atomic E-state index is 12.9. The minimum atomic E-state index is -0.485. The van der Waals surface area contributed by atoms with Crippen LogP contribution in [0.2, 0.25) is 0 Å². The summed E-state index contributed by atoms with van der Waals surface area (Å²) in [4.78, 5) is 26.1. The number of para-hydroxylation sites is 1. The molecule has 0 bridgehead atoms. The molecule has 1 aliphatic rings. The number of thiophene rings is 1. The van der Waals surface area contributed by atoms with E-state index in [-0.39, 0.29) is 18.5 Å². The SMILES string of the molecule is O=C(Nc1c(C(=O)Nc2ccc3c(c2)OCO3)oc2ccccc12)c1cccs1. The van der Waals surface area contributed by atoms with Gasteiger partial charge in [-0.1, -0.05) is 18.2 Å². The van der Waals surface area contributed by atoms with Crippen molar-refractivity contribution < 1.29 is 23.5 Å². The standard InChI is InChI=1S/C21H14N2O5S/c24-20(17-6-3-9-29-17)23-18-13-4-1-2-5-14(13)28-19(18)21(25)22-12-7-8-15-16(10-12)27-11-26-15/h1-10H,11H2,(H,22,25)(H,23,24). The Morgan fingerprint density at radius 2 is 1.76 bits per heavy atom. The first-order chi connectivity index (χ1) is 14.2. The van der Waals surface area contributed by atoms with Crippen molar-refractivity contribution in [3.8, 4) is 11.5 Å². The highest BCUT2D eigenvalue weighted by atomic mass is 32.1. The van der Waals surface area contributed by atoms with Crippen LogP contribution in [0.1, 0.15) is 20.2 Å². The van der Waals surface area contributed by atoms with Gasteiger partial charge in [-0.05, 0) is 35.7 Å². The van der Waals surface area contributed by atoms with Crippen molar-refractivity contribution in [3.63, 3.8) is 0 Å². The van der Waals surface area contributed by atoms with Gasteiger partial charge in [0.15, 0.2) is 11.5 Å². The van der Waals surface area contributed by atoms with E-state index >= 15 is 0 Å². The van der Waals surface area contributed by atoms with Gasteiger partial charge in [-0.3, -0.25) is 9.59 Å². The number of amides is 2. The molecule has 0 saturated carbocycles. The molecule has 0 spiro atoms. The van der Waals surface area contributed by atoms with E-state index in [1.54, 1.807) is 48.5 Å². The third kappa shape index (κ3) is 3.19. The second-order valence-corrected chi connectivity index (χ2v) is 7.20. The molecular weight excluding hydrogens is 392 g/mol. The summed E-state index contributed by atoms with van der Waals surface area (Å²) < 4.78 is 16.4. The number of rotatable bonds is 4. The molecule has 2 N–H and O–H groups in total. The molecule has 2 aromatic heterocycles. The van der Waals surface area contributed by atoms with Crippen molar-refractivity contribution in [2.75, 3.05) is 17.4 Å². The lowest BCUT2D eigenvalue weighted by molar-refractivity contribution is 0.0999. The van der Waals surface area contributed by atoms with Gasteiger partial charge in [-0.15, -0.1) is 11.3 Å². The summed E-state index contributed by atoms with van der Waals surface area (Å²) in [6, 6.07) is 15.8. The van der Waals surface area contributed by atoms with Gasteiger partial charge >= 0.3 is 0 Å². The fourth-order valence-electron chi connectivity index (χ4n) is 3.07. The largest absolute Gasteiger partial charge is 0.454 e. The highest BCUT2D eigenvalue weighted by Gasteiger charge is 2.24. The summed E-state index contributed by atoms with van der Waals surface area (Å²) in [5.74, 6) is 0.410. The molecule has 1 aliphatic heterocycles. The number of nitrogens with one attached hydrogen (secondary N) is 2. The Balaban J connectivity index is 1.48. The molecule has 0 atom stereocenters. The van der Waals surface area contributed by atoms with Crippen molar-refractivity contribution in [3.05, 3.63) is 70.6 Å². The second kappa shape index (κ2) is 6.99. The first kappa shape index (κ1) is 17.3. The molecule has 7 nitrogen and oxygen atoms in total. The van der Waals surface area contributed by atoms with Crippen LogP contribution in [-0.4, -0.2) is 18.6 Å². The zero-order valence-electron chi connectivity index (χ0n) is 14.9. The van der Waals surface area contributed by atoms with Crippen molar-refractivity contribution in [2.45, 2.75) is 0 Å². The first-order valence-electron chi connectivity index (χ1n) is 8.76. The van der Waals surface area contributed by atoms with Crippen LogP contribution in [-0.2, 0) is 0 Å². The number of fused-ring (bicyclic) bond motifs is 2. The lowest BCUT2D eigenvalue weighted by atomic mass is 10.2. The monoisotopic (exact) mass is 406 g/mol. The van der Waals surface area contributed by atoms with Crippen molar-refractivity contribution in [1.29, 1.82) is 0 Å². The zero-order chi connectivity index (χ0) is 19.8. The number of benzene rings is 2. The quantitative estimate of drug-likeness (QED) is 0.511. The zero-order valence-corrected chi connectivity index (χ0v) is 15.7. The molecule has 0 fully saturated rings. The van der Waals surface area contributed by atoms with E-state index in [1.165, 1.54) is 11.3 Å². The molecule has 0 radical (unpaired) electrons. The topological polar surface area (TPSA) is 89.8 Å². The van der Waals surface area contributed by atoms with Gasteiger partial charge in [0, 0.05) is 17.1 Å². The van der Waals surface area contributed by atoms with Gasteiger partial charge in [0.05, 0.1) is 4.88 Å². The highest BCUT2D eigenvalue weighted by molar-refractivity contribution is 7.12. The summed E-state index contributed by atoms with van der Waals surface area (Å²) in [6.07, 6.45) is 0. The van der Waals surface area contributed by atoms with Crippen LogP contribution in [0.3, 0.4) is 0 Å². The molecular formula is C21H14N2O5S. The van der Waals surface area contributed by atoms with Crippen LogP contribution in [0, 0.1) is 0 Å². The Morgan fingerprint density at radius 1 is 0.897 bits per heavy atom. The molecule has 8 heteroatoms. The van der Waals surface area contributed by atoms with Crippen molar-refractivity contribution >= 4 is 45.5 Å². The van der Waals surface area contributed by atoms with Crippen molar-refractivity contribution in [2.24, 2.45) is 0 Å². The van der Waals surface area contributed by atoms with E-state index in [0.717, 1.165) is 0 Å². The predicted molar refractivity (Wildman–Crippen MR) is 109 cm³/mol. The number of anilines is 2. The van der Waals surface area contributed by atoms with Gasteiger partial charge in [-0.2, -0.15) is 0 Å². The van der Waals surface area contributed by atoms with Gasteiger partial charge in [-0.25, -0.2) is 0 Å². The normalized spacial score (nSPS) is 12.1. The fraction of sp³-hybridized carbons (Fsp3) is 0.0476. The number of ether oxygens (including phenoxy) is 2. The maximum absolute atomic E-state index is 12.9.